The van der Waals surface area contributed by atoms with Crippen LogP contribution in [-0.2, 0) is 20.8 Å². The fourth-order valence-corrected chi connectivity index (χ4v) is 2.98. The van der Waals surface area contributed by atoms with Gasteiger partial charge in [0.05, 0.1) is 32.7 Å². The zero-order valence-electron chi connectivity index (χ0n) is 20.8. The second-order valence-electron chi connectivity index (χ2n) is 7.85. The molecule has 0 bridgehead atoms. The number of carboxylic acid groups (broad SMARTS) is 1. The van der Waals surface area contributed by atoms with Crippen molar-refractivity contribution in [3.8, 4) is 23.0 Å². The summed E-state index contributed by atoms with van der Waals surface area (Å²) in [5.74, 6) is -1.09. The first-order chi connectivity index (χ1) is 18.1. The van der Waals surface area contributed by atoms with Crippen LogP contribution in [0, 0.1) is 0 Å². The van der Waals surface area contributed by atoms with Gasteiger partial charge in [-0.25, -0.2) is 4.98 Å². The van der Waals surface area contributed by atoms with Crippen LogP contribution in [0.1, 0.15) is 23.2 Å². The molecule has 11 nitrogen and oxygen atoms in total. The molecule has 0 saturated carbocycles. The van der Waals surface area contributed by atoms with Crippen molar-refractivity contribution >= 4 is 29.7 Å². The van der Waals surface area contributed by atoms with Gasteiger partial charge in [-0.1, -0.05) is 24.3 Å². The number of hydrogen-bond acceptors (Lipinski definition) is 9. The predicted molar refractivity (Wildman–Crippen MR) is 140 cm³/mol. The number of aromatic hydroxyl groups is 2. The number of phenolic OH excluding ortho intramolecular Hbond substituents is 2. The van der Waals surface area contributed by atoms with Gasteiger partial charge in [0.25, 0.3) is 0 Å². The van der Waals surface area contributed by atoms with Crippen LogP contribution < -0.4 is 15.2 Å². The maximum atomic E-state index is 11.9. The second kappa shape index (κ2) is 14.6. The third-order valence-corrected chi connectivity index (χ3v) is 4.98. The van der Waals surface area contributed by atoms with Crippen LogP contribution in [0.2, 0.25) is 0 Å². The van der Waals surface area contributed by atoms with Crippen LogP contribution >= 0.6 is 0 Å². The number of allylic oxidation sites excluding steroid dienone is 2. The standard InChI is InChI=1S/C21H20O6.C6H9N3O2/c1-26-20-11-14(5-9-18(20)24)3-7-16(22)13-17(23)8-4-15-6-10-19(25)21(12-15)27-2;7-5(6(10)11)1-4-2-8-3-9-4/h3-12,24-25H,13H2,1-2H3;2-3,5H,1,7H2,(H,8,9)(H,10,11)/b7-3+,8-4+;. The number of nitrogens with two attached hydrogens (primary N) is 1. The van der Waals surface area contributed by atoms with E-state index in [1.807, 2.05) is 0 Å². The van der Waals surface area contributed by atoms with E-state index < -0.39 is 12.0 Å². The number of imidazole rings is 1. The van der Waals surface area contributed by atoms with Gasteiger partial charge in [0.15, 0.2) is 34.6 Å². The van der Waals surface area contributed by atoms with Crippen molar-refractivity contribution < 1.29 is 39.2 Å². The largest absolute Gasteiger partial charge is 0.504 e. The molecule has 0 radical (unpaired) electrons. The third kappa shape index (κ3) is 9.63. The fourth-order valence-electron chi connectivity index (χ4n) is 2.98. The Morgan fingerprint density at radius 3 is 1.84 bits per heavy atom. The van der Waals surface area contributed by atoms with E-state index in [0.29, 0.717) is 28.3 Å². The number of carboxylic acids is 1. The summed E-state index contributed by atoms with van der Waals surface area (Å²) in [5.41, 5.74) is 7.25. The van der Waals surface area contributed by atoms with Gasteiger partial charge in [0.2, 0.25) is 0 Å². The summed E-state index contributed by atoms with van der Waals surface area (Å²) in [6.07, 6.45) is 8.82. The number of rotatable bonds is 11. The number of aliphatic carboxylic acids is 1. The molecule has 0 saturated heterocycles. The molecule has 3 aromatic rings. The van der Waals surface area contributed by atoms with E-state index in [-0.39, 0.29) is 35.9 Å². The van der Waals surface area contributed by atoms with Gasteiger partial charge in [0.1, 0.15) is 6.04 Å². The Balaban J connectivity index is 0.000000384. The number of benzene rings is 2. The van der Waals surface area contributed by atoms with Crippen LogP contribution in [0.3, 0.4) is 0 Å². The van der Waals surface area contributed by atoms with Crippen LogP contribution in [0.25, 0.3) is 12.2 Å². The molecule has 11 heteroatoms. The zero-order chi connectivity index (χ0) is 28.1. The lowest BCUT2D eigenvalue weighted by molar-refractivity contribution is -0.138. The normalized spacial score (nSPS) is 11.6. The van der Waals surface area contributed by atoms with Gasteiger partial charge in [-0.05, 0) is 47.5 Å². The summed E-state index contributed by atoms with van der Waals surface area (Å²) in [6.45, 7) is 0. The van der Waals surface area contributed by atoms with E-state index in [4.69, 9.17) is 20.3 Å². The molecule has 200 valence electrons. The number of ketones is 2. The molecule has 0 fully saturated rings. The molecule has 2 aromatic carbocycles. The van der Waals surface area contributed by atoms with Crippen LogP contribution in [0.15, 0.2) is 61.1 Å². The highest BCUT2D eigenvalue weighted by Crippen LogP contribution is 2.27. The second-order valence-corrected chi connectivity index (χ2v) is 7.85. The minimum Gasteiger partial charge on any atom is -0.504 e. The lowest BCUT2D eigenvalue weighted by atomic mass is 10.1. The highest BCUT2D eigenvalue weighted by atomic mass is 16.5. The Hall–Kier alpha value is -4.90. The summed E-state index contributed by atoms with van der Waals surface area (Å²) in [6, 6.07) is 8.48. The van der Waals surface area contributed by atoms with Crippen molar-refractivity contribution in [1.29, 1.82) is 0 Å². The zero-order valence-corrected chi connectivity index (χ0v) is 20.8. The minimum absolute atomic E-state index is 0.00662. The Labute approximate surface area is 218 Å². The number of nitrogens with one attached hydrogen (secondary N) is 1. The molecular formula is C27H29N3O8. The number of nitrogens with zero attached hydrogens (tertiary/aromatic N) is 1. The number of ether oxygens (including phenoxy) is 2. The molecule has 0 aliphatic rings. The molecule has 0 aliphatic carbocycles. The maximum Gasteiger partial charge on any atom is 0.320 e. The monoisotopic (exact) mass is 523 g/mol. The van der Waals surface area contributed by atoms with Gasteiger partial charge in [0, 0.05) is 12.6 Å². The first-order valence-corrected chi connectivity index (χ1v) is 11.2. The van der Waals surface area contributed by atoms with Crippen molar-refractivity contribution in [2.75, 3.05) is 14.2 Å². The molecule has 1 heterocycles. The SMILES string of the molecule is COc1cc(/C=C/C(=O)CC(=O)/C=C/c2ccc(O)c(OC)c2)ccc1O.NC(Cc1c[nH]cn1)C(=O)O. The first kappa shape index (κ1) is 29.3. The number of aromatic amines is 1. The average molecular weight is 524 g/mol. The molecule has 6 N–H and O–H groups in total. The molecule has 0 amide bonds. The van der Waals surface area contributed by atoms with E-state index in [0.717, 1.165) is 0 Å². The van der Waals surface area contributed by atoms with E-state index >= 15 is 0 Å². The maximum absolute atomic E-state index is 11.9. The Bertz CT molecular complexity index is 1230. The minimum atomic E-state index is -1.01. The topological polar surface area (TPSA) is 185 Å². The van der Waals surface area contributed by atoms with Crippen molar-refractivity contribution in [2.45, 2.75) is 18.9 Å². The number of carbonyl (C=O) groups is 3. The number of aromatic nitrogens is 2. The van der Waals surface area contributed by atoms with Gasteiger partial charge < -0.3 is 35.5 Å². The van der Waals surface area contributed by atoms with E-state index in [9.17, 15) is 24.6 Å². The van der Waals surface area contributed by atoms with E-state index in [1.54, 1.807) is 42.6 Å². The number of methoxy groups -OCH3 is 2. The molecular weight excluding hydrogens is 494 g/mol. The predicted octanol–water partition coefficient (Wildman–Crippen LogP) is 2.73. The van der Waals surface area contributed by atoms with Crippen molar-refractivity contribution in [1.82, 2.24) is 9.97 Å². The summed E-state index contributed by atoms with van der Waals surface area (Å²) in [5, 5.41) is 27.5. The lowest BCUT2D eigenvalue weighted by Crippen LogP contribution is -2.32. The van der Waals surface area contributed by atoms with Crippen molar-refractivity contribution in [2.24, 2.45) is 5.73 Å². The smallest absolute Gasteiger partial charge is 0.320 e. The number of hydrogen-bond donors (Lipinski definition) is 5. The van der Waals surface area contributed by atoms with Crippen molar-refractivity contribution in [3.05, 3.63) is 77.9 Å². The summed E-state index contributed by atoms with van der Waals surface area (Å²) < 4.78 is 10.00. The molecule has 3 rings (SSSR count). The third-order valence-electron chi connectivity index (χ3n) is 4.98. The summed E-state index contributed by atoms with van der Waals surface area (Å²) in [4.78, 5) is 40.7. The molecule has 0 aliphatic heterocycles. The lowest BCUT2D eigenvalue weighted by Gasteiger charge is -2.03. The Morgan fingerprint density at radius 2 is 1.45 bits per heavy atom. The number of carbonyl (C=O) groups excluding carboxylic acids is 2. The average Bonchev–Trinajstić information content (AvgIpc) is 3.41. The van der Waals surface area contributed by atoms with Gasteiger partial charge in [-0.2, -0.15) is 0 Å². The highest BCUT2D eigenvalue weighted by Gasteiger charge is 2.12. The Kier molecular flexibility index (Phi) is 11.3. The number of H-pyrrole nitrogens is 1. The Morgan fingerprint density at radius 1 is 0.947 bits per heavy atom. The highest BCUT2D eigenvalue weighted by molar-refractivity contribution is 6.10. The molecule has 1 aromatic heterocycles. The van der Waals surface area contributed by atoms with Gasteiger partial charge in [-0.15, -0.1) is 0 Å². The number of phenols is 2. The summed E-state index contributed by atoms with van der Waals surface area (Å²) >= 11 is 0. The van der Waals surface area contributed by atoms with Gasteiger partial charge >= 0.3 is 5.97 Å². The van der Waals surface area contributed by atoms with Crippen LogP contribution in [0.4, 0.5) is 0 Å². The first-order valence-electron chi connectivity index (χ1n) is 11.2. The quantitative estimate of drug-likeness (QED) is 0.185. The van der Waals surface area contributed by atoms with Gasteiger partial charge in [-0.3, -0.25) is 14.4 Å². The van der Waals surface area contributed by atoms with E-state index in [2.05, 4.69) is 9.97 Å². The molecule has 1 unspecified atom stereocenters. The van der Waals surface area contributed by atoms with Crippen molar-refractivity contribution in [3.63, 3.8) is 0 Å². The van der Waals surface area contributed by atoms with E-state index in [1.165, 1.54) is 44.8 Å². The summed E-state index contributed by atoms with van der Waals surface area (Å²) in [7, 11) is 2.87. The van der Waals surface area contributed by atoms with Crippen LogP contribution in [0.5, 0.6) is 23.0 Å². The molecule has 38 heavy (non-hydrogen) atoms. The molecule has 1 atom stereocenters. The fraction of sp³-hybridized carbons (Fsp3) is 0.185. The molecule has 0 spiro atoms. The van der Waals surface area contributed by atoms with Crippen LogP contribution in [-0.4, -0.2) is 63.1 Å².